The van der Waals surface area contributed by atoms with Crippen molar-refractivity contribution in [3.8, 4) is 45.2 Å². The molecule has 0 saturated heterocycles. The minimum absolute atomic E-state index is 0.186. The molecular weight excluding hydrogens is 681 g/mol. The third kappa shape index (κ3) is 6.56. The average Bonchev–Trinajstić information content (AvgIpc) is 4.00. The molecule has 4 aromatic carbocycles. The lowest BCUT2D eigenvalue weighted by Gasteiger charge is -2.16. The molecule has 8 bridgehead atoms. The van der Waals surface area contributed by atoms with Gasteiger partial charge in [-0.2, -0.15) is 0 Å². The number of nitrogens with one attached hydrogen (secondary N) is 2. The lowest BCUT2D eigenvalue weighted by Crippen LogP contribution is -2.15. The Morgan fingerprint density at radius 3 is 1.79 bits per heavy atom. The fraction of sp³-hybridized carbons (Fsp3) is 0.154. The molecule has 4 heteroatoms. The zero-order chi connectivity index (χ0) is 38.6. The highest BCUT2D eigenvalue weighted by Gasteiger charge is 2.31. The molecule has 2 aliphatic rings. The van der Waals surface area contributed by atoms with E-state index in [0.717, 1.165) is 90.2 Å². The number of aromatic nitrogens is 4. The predicted octanol–water partition coefficient (Wildman–Crippen LogP) is 12.6. The fourth-order valence-corrected chi connectivity index (χ4v) is 8.33. The van der Waals surface area contributed by atoms with E-state index in [4.69, 9.17) is 9.97 Å². The van der Waals surface area contributed by atoms with Crippen molar-refractivity contribution in [3.63, 3.8) is 0 Å². The van der Waals surface area contributed by atoms with Gasteiger partial charge in [-0.25, -0.2) is 4.98 Å². The van der Waals surface area contributed by atoms with Gasteiger partial charge in [0.15, 0.2) is 0 Å². The Morgan fingerprint density at radius 1 is 0.518 bits per heavy atom. The van der Waals surface area contributed by atoms with Gasteiger partial charge in [-0.3, -0.25) is 4.98 Å². The number of rotatable bonds is 3. The van der Waals surface area contributed by atoms with E-state index < -0.39 is 0 Å². The van der Waals surface area contributed by atoms with E-state index in [1.807, 2.05) is 30.3 Å². The topological polar surface area (TPSA) is 57.4 Å². The largest absolute Gasteiger partial charge is 0.355 e. The van der Waals surface area contributed by atoms with Crippen molar-refractivity contribution < 1.29 is 0 Å². The molecule has 5 heterocycles. The molecule has 272 valence electrons. The third-order valence-corrected chi connectivity index (χ3v) is 11.1. The molecule has 2 aliphatic heterocycles. The molecule has 7 aromatic rings. The van der Waals surface area contributed by atoms with Crippen LogP contribution >= 0.6 is 0 Å². The first-order valence-corrected chi connectivity index (χ1v) is 19.4. The van der Waals surface area contributed by atoms with E-state index >= 15 is 0 Å². The second-order valence-corrected chi connectivity index (χ2v) is 15.9. The molecule has 0 fully saturated rings. The number of hydrogen-bond acceptors (Lipinski definition) is 2. The van der Waals surface area contributed by atoms with Crippen molar-refractivity contribution in [3.05, 3.63) is 177 Å². The highest BCUT2D eigenvalue weighted by molar-refractivity contribution is 5.97. The monoisotopic (exact) mass is 724 g/mol. The van der Waals surface area contributed by atoms with Crippen molar-refractivity contribution in [2.75, 3.05) is 0 Å². The molecule has 9 rings (SSSR count). The number of nitrogens with zero attached hydrogens (tertiary/aromatic N) is 2. The van der Waals surface area contributed by atoms with Crippen molar-refractivity contribution in [1.82, 2.24) is 19.9 Å². The summed E-state index contributed by atoms with van der Waals surface area (Å²) >= 11 is 0. The third-order valence-electron chi connectivity index (χ3n) is 11.1. The molecule has 0 amide bonds. The minimum atomic E-state index is -0.186. The Labute approximate surface area is 329 Å². The van der Waals surface area contributed by atoms with Crippen LogP contribution in [0.3, 0.4) is 0 Å². The van der Waals surface area contributed by atoms with Crippen LogP contribution in [-0.4, -0.2) is 19.9 Å². The minimum Gasteiger partial charge on any atom is -0.355 e. The Hall–Kier alpha value is -6.70. The summed E-state index contributed by atoms with van der Waals surface area (Å²) in [7, 11) is 0. The Balaban J connectivity index is 1.37. The van der Waals surface area contributed by atoms with Crippen LogP contribution in [0.2, 0.25) is 0 Å². The number of H-pyrrole nitrogens is 2. The predicted molar refractivity (Wildman–Crippen MR) is 234 cm³/mol. The van der Waals surface area contributed by atoms with E-state index in [0.29, 0.717) is 0 Å². The quantitative estimate of drug-likeness (QED) is 0.178. The second-order valence-electron chi connectivity index (χ2n) is 15.9. The van der Waals surface area contributed by atoms with E-state index in [2.05, 4.69) is 166 Å². The van der Waals surface area contributed by atoms with Crippen LogP contribution < -0.4 is 0 Å². The first kappa shape index (κ1) is 35.0. The number of benzene rings is 4. The summed E-state index contributed by atoms with van der Waals surface area (Å²) in [6.45, 7) is 13.3. The molecule has 0 saturated carbocycles. The Bertz CT molecular complexity index is 2900. The van der Waals surface area contributed by atoms with Gasteiger partial charge in [0.25, 0.3) is 0 Å². The average molecular weight is 725 g/mol. The summed E-state index contributed by atoms with van der Waals surface area (Å²) in [5.74, 6) is 6.66. The maximum absolute atomic E-state index is 5.47. The summed E-state index contributed by atoms with van der Waals surface area (Å²) < 4.78 is 0. The van der Waals surface area contributed by atoms with E-state index in [1.54, 1.807) is 0 Å². The first-order valence-electron chi connectivity index (χ1n) is 19.4. The van der Waals surface area contributed by atoms with Crippen LogP contribution in [-0.2, 0) is 11.8 Å². The molecule has 0 radical (unpaired) electrons. The van der Waals surface area contributed by atoms with Gasteiger partial charge in [0, 0.05) is 67.4 Å². The van der Waals surface area contributed by atoms with E-state index in [9.17, 15) is 0 Å². The summed E-state index contributed by atoms with van der Waals surface area (Å²) in [6.07, 6.45) is 5.14. The van der Waals surface area contributed by atoms with Gasteiger partial charge in [-0.05, 0) is 122 Å². The van der Waals surface area contributed by atoms with Gasteiger partial charge >= 0.3 is 0 Å². The number of fused-ring (bicyclic) bond motifs is 8. The van der Waals surface area contributed by atoms with Crippen LogP contribution in [0.25, 0.3) is 67.6 Å². The highest BCUT2D eigenvalue weighted by atomic mass is 14.8. The molecule has 56 heavy (non-hydrogen) atoms. The maximum atomic E-state index is 5.47. The molecule has 0 aliphatic carbocycles. The maximum Gasteiger partial charge on any atom is 0.0737 e. The summed E-state index contributed by atoms with van der Waals surface area (Å²) in [5, 5.41) is 0. The highest BCUT2D eigenvalue weighted by Crippen LogP contribution is 2.40. The molecule has 0 spiro atoms. The number of aromatic amines is 2. The summed E-state index contributed by atoms with van der Waals surface area (Å²) in [6, 6.07) is 43.0. The molecule has 0 atom stereocenters. The van der Waals surface area contributed by atoms with Gasteiger partial charge in [0.1, 0.15) is 0 Å². The van der Waals surface area contributed by atoms with Gasteiger partial charge < -0.3 is 9.97 Å². The Kier molecular flexibility index (Phi) is 8.67. The van der Waals surface area contributed by atoms with E-state index in [1.165, 1.54) is 27.8 Å². The van der Waals surface area contributed by atoms with Crippen molar-refractivity contribution in [2.24, 2.45) is 0 Å². The molecule has 4 nitrogen and oxygen atoms in total. The standard InChI is InChI=1S/C52H44N4/c1-32-12-18-38(19-13-32)49-41-23-22-40(53-41)30-47-52(5,6)31-46(56-47)50(39-20-16-37(17-21-39)15-14-36-10-8-7-9-11-36)43-25-27-45(55-43)51(44-26-24-42(49)54-44)48-34(3)28-33(2)29-35(48)4/h7-13,16-30,53,55H,31H2,1-6H3. The number of hydrogen-bond donors (Lipinski definition) is 2. The van der Waals surface area contributed by atoms with Gasteiger partial charge in [-0.1, -0.05) is 104 Å². The van der Waals surface area contributed by atoms with Gasteiger partial charge in [-0.15, -0.1) is 0 Å². The zero-order valence-electron chi connectivity index (χ0n) is 32.8. The van der Waals surface area contributed by atoms with Gasteiger partial charge in [0.05, 0.1) is 17.1 Å². The van der Waals surface area contributed by atoms with Crippen LogP contribution in [0.15, 0.2) is 121 Å². The van der Waals surface area contributed by atoms with Crippen molar-refractivity contribution in [2.45, 2.75) is 53.4 Å². The molecular formula is C52H44N4. The fourth-order valence-electron chi connectivity index (χ4n) is 8.33. The normalized spacial score (nSPS) is 13.0. The number of aryl methyl sites for hydroxylation is 4. The summed E-state index contributed by atoms with van der Waals surface area (Å²) in [4.78, 5) is 18.6. The zero-order valence-corrected chi connectivity index (χ0v) is 32.8. The molecule has 3 aromatic heterocycles. The van der Waals surface area contributed by atoms with Crippen molar-refractivity contribution in [1.29, 1.82) is 0 Å². The van der Waals surface area contributed by atoms with Crippen LogP contribution in [0.5, 0.6) is 0 Å². The summed E-state index contributed by atoms with van der Waals surface area (Å²) in [5.41, 5.74) is 21.4. The second kappa shape index (κ2) is 13.9. The van der Waals surface area contributed by atoms with Crippen LogP contribution in [0.1, 0.15) is 70.0 Å². The van der Waals surface area contributed by atoms with Gasteiger partial charge in [0.2, 0.25) is 0 Å². The first-order chi connectivity index (χ1) is 27.1. The smallest absolute Gasteiger partial charge is 0.0737 e. The molecule has 0 unspecified atom stereocenters. The van der Waals surface area contributed by atoms with Crippen LogP contribution in [0.4, 0.5) is 0 Å². The lowest BCUT2D eigenvalue weighted by molar-refractivity contribution is 0.544. The van der Waals surface area contributed by atoms with Crippen molar-refractivity contribution >= 4 is 34.2 Å². The lowest BCUT2D eigenvalue weighted by atomic mass is 9.85. The SMILES string of the molecule is Cc1ccc(-c2c3nc(c(-c4c(C)cc(C)cc4C)c4ccc([nH]4)c(-c4ccc(C#Cc5ccccc5)cc4)c4nc(cc5ccc2[nH]5)C(C)(C)C4)C=C3)cc1. The van der Waals surface area contributed by atoms with Crippen LogP contribution in [0, 0.1) is 39.5 Å². The van der Waals surface area contributed by atoms with E-state index in [-0.39, 0.29) is 5.41 Å². The Morgan fingerprint density at radius 2 is 1.09 bits per heavy atom. The molecule has 2 N–H and O–H groups in total.